The first-order valence-corrected chi connectivity index (χ1v) is 5.92. The topological polar surface area (TPSA) is 47.0 Å². The number of thiophene rings is 1. The van der Waals surface area contributed by atoms with E-state index >= 15 is 0 Å². The summed E-state index contributed by atoms with van der Waals surface area (Å²) in [5.74, 6) is 1.08. The highest BCUT2D eigenvalue weighted by atomic mass is 35.5. The minimum absolute atomic E-state index is 0.310. The van der Waals surface area contributed by atoms with Gasteiger partial charge in [0.25, 0.3) is 0 Å². The van der Waals surface area contributed by atoms with Crippen molar-refractivity contribution in [3.05, 3.63) is 33.9 Å². The maximum atomic E-state index is 5.88. The smallest absolute Gasteiger partial charge is 0.198 e. The van der Waals surface area contributed by atoms with Crippen LogP contribution in [0.1, 0.15) is 5.56 Å². The Bertz CT molecular complexity index is 461. The first-order valence-electron chi connectivity index (χ1n) is 4.60. The monoisotopic (exact) mass is 255 g/mol. The van der Waals surface area contributed by atoms with Crippen LogP contribution in [0.25, 0.3) is 0 Å². The molecule has 0 radical (unpaired) electrons. The molecule has 84 valence electrons. The van der Waals surface area contributed by atoms with Crippen molar-refractivity contribution in [3.63, 3.8) is 0 Å². The Morgan fingerprint density at radius 3 is 3.06 bits per heavy atom. The molecule has 2 aromatic heterocycles. The van der Waals surface area contributed by atoms with Crippen LogP contribution in [0.3, 0.4) is 0 Å². The van der Waals surface area contributed by atoms with Gasteiger partial charge in [-0.2, -0.15) is 11.3 Å². The number of methoxy groups -OCH3 is 1. The molecule has 16 heavy (non-hydrogen) atoms. The van der Waals surface area contributed by atoms with Gasteiger partial charge in [-0.15, -0.1) is 0 Å². The summed E-state index contributed by atoms with van der Waals surface area (Å²) in [4.78, 5) is 7.93. The van der Waals surface area contributed by atoms with Gasteiger partial charge in [0, 0.05) is 6.54 Å². The Balaban J connectivity index is 2.12. The molecule has 0 aliphatic rings. The van der Waals surface area contributed by atoms with Crippen molar-refractivity contribution >= 4 is 28.8 Å². The maximum absolute atomic E-state index is 5.88. The van der Waals surface area contributed by atoms with Crippen LogP contribution in [0.15, 0.2) is 23.2 Å². The second-order valence-electron chi connectivity index (χ2n) is 3.03. The van der Waals surface area contributed by atoms with E-state index in [0.29, 0.717) is 23.3 Å². The molecule has 0 atom stereocenters. The van der Waals surface area contributed by atoms with Crippen molar-refractivity contribution in [1.29, 1.82) is 0 Å². The second kappa shape index (κ2) is 5.14. The van der Waals surface area contributed by atoms with E-state index in [-0.39, 0.29) is 0 Å². The third-order valence-electron chi connectivity index (χ3n) is 2.00. The van der Waals surface area contributed by atoms with Crippen LogP contribution in [-0.4, -0.2) is 17.1 Å². The lowest BCUT2D eigenvalue weighted by Crippen LogP contribution is -2.03. The maximum Gasteiger partial charge on any atom is 0.198 e. The molecular formula is C10H10ClN3OS. The van der Waals surface area contributed by atoms with Crippen molar-refractivity contribution in [2.75, 3.05) is 12.4 Å². The minimum Gasteiger partial charge on any atom is -0.490 e. The van der Waals surface area contributed by atoms with Crippen LogP contribution in [0.4, 0.5) is 5.82 Å². The number of hydrogen-bond acceptors (Lipinski definition) is 5. The van der Waals surface area contributed by atoms with Gasteiger partial charge in [0.15, 0.2) is 16.7 Å². The average Bonchev–Trinajstić information content (AvgIpc) is 2.79. The van der Waals surface area contributed by atoms with Crippen LogP contribution < -0.4 is 10.1 Å². The first kappa shape index (κ1) is 11.2. The summed E-state index contributed by atoms with van der Waals surface area (Å²) in [5.41, 5.74) is 1.20. The molecule has 2 aromatic rings. The lowest BCUT2D eigenvalue weighted by atomic mass is 10.3. The zero-order valence-electron chi connectivity index (χ0n) is 8.61. The summed E-state index contributed by atoms with van der Waals surface area (Å²) in [6.07, 6.45) is 1.40. The number of halogens is 1. The summed E-state index contributed by atoms with van der Waals surface area (Å²) in [6.45, 7) is 0.688. The van der Waals surface area contributed by atoms with Crippen molar-refractivity contribution < 1.29 is 4.74 Å². The molecule has 0 saturated carbocycles. The zero-order chi connectivity index (χ0) is 11.4. The molecule has 0 spiro atoms. The molecule has 0 bridgehead atoms. The van der Waals surface area contributed by atoms with E-state index in [1.54, 1.807) is 18.4 Å². The highest BCUT2D eigenvalue weighted by Gasteiger charge is 2.09. The van der Waals surface area contributed by atoms with E-state index in [9.17, 15) is 0 Å². The molecule has 6 heteroatoms. The summed E-state index contributed by atoms with van der Waals surface area (Å²) in [5, 5.41) is 7.56. The highest BCUT2D eigenvalue weighted by molar-refractivity contribution is 7.07. The van der Waals surface area contributed by atoms with Gasteiger partial charge in [0.05, 0.1) is 7.11 Å². The molecule has 0 amide bonds. The normalized spacial score (nSPS) is 10.1. The van der Waals surface area contributed by atoms with Gasteiger partial charge in [-0.25, -0.2) is 9.97 Å². The van der Waals surface area contributed by atoms with Crippen molar-refractivity contribution in [2.45, 2.75) is 6.54 Å². The summed E-state index contributed by atoms with van der Waals surface area (Å²) >= 11 is 7.53. The van der Waals surface area contributed by atoms with Crippen LogP contribution >= 0.6 is 22.9 Å². The third kappa shape index (κ3) is 2.43. The predicted octanol–water partition coefficient (Wildman–Crippen LogP) is 2.81. The zero-order valence-corrected chi connectivity index (χ0v) is 10.2. The fraction of sp³-hybridized carbons (Fsp3) is 0.200. The number of nitrogens with one attached hydrogen (secondary N) is 1. The number of anilines is 1. The Hall–Kier alpha value is -1.33. The van der Waals surface area contributed by atoms with Gasteiger partial charge >= 0.3 is 0 Å². The molecule has 4 nitrogen and oxygen atoms in total. The lowest BCUT2D eigenvalue weighted by molar-refractivity contribution is 0.413. The van der Waals surface area contributed by atoms with Crippen LogP contribution in [0, 0.1) is 0 Å². The van der Waals surface area contributed by atoms with Gasteiger partial charge in [0.1, 0.15) is 6.33 Å². The van der Waals surface area contributed by atoms with Gasteiger partial charge in [-0.05, 0) is 22.4 Å². The standard InChI is InChI=1S/C10H10ClN3OS/c1-15-8-9(11)13-6-14-10(8)12-4-7-2-3-16-5-7/h2-3,5-6H,4H2,1H3,(H,12,13,14). The van der Waals surface area contributed by atoms with Gasteiger partial charge < -0.3 is 10.1 Å². The number of rotatable bonds is 4. The number of ether oxygens (including phenoxy) is 1. The fourth-order valence-electron chi connectivity index (χ4n) is 1.24. The Labute approximate surface area is 102 Å². The molecule has 0 aliphatic heterocycles. The average molecular weight is 256 g/mol. The molecular weight excluding hydrogens is 246 g/mol. The molecule has 0 aromatic carbocycles. The largest absolute Gasteiger partial charge is 0.490 e. The van der Waals surface area contributed by atoms with Gasteiger partial charge in [0.2, 0.25) is 0 Å². The van der Waals surface area contributed by atoms with E-state index in [2.05, 4.69) is 20.7 Å². The van der Waals surface area contributed by atoms with Crippen molar-refractivity contribution in [2.24, 2.45) is 0 Å². The molecule has 2 heterocycles. The van der Waals surface area contributed by atoms with Crippen molar-refractivity contribution in [1.82, 2.24) is 9.97 Å². The number of nitrogens with zero attached hydrogens (tertiary/aromatic N) is 2. The SMILES string of the molecule is COc1c(Cl)ncnc1NCc1ccsc1. The Morgan fingerprint density at radius 1 is 1.50 bits per heavy atom. The first-order chi connectivity index (χ1) is 7.81. The predicted molar refractivity (Wildman–Crippen MR) is 65.2 cm³/mol. The highest BCUT2D eigenvalue weighted by Crippen LogP contribution is 2.28. The molecule has 0 saturated heterocycles. The second-order valence-corrected chi connectivity index (χ2v) is 4.17. The Kier molecular flexibility index (Phi) is 3.58. The molecule has 0 unspecified atom stereocenters. The third-order valence-corrected chi connectivity index (χ3v) is 3.01. The van der Waals surface area contributed by atoms with E-state index in [1.807, 2.05) is 11.4 Å². The molecule has 1 N–H and O–H groups in total. The molecule has 0 aliphatic carbocycles. The van der Waals surface area contributed by atoms with Gasteiger partial charge in [-0.3, -0.25) is 0 Å². The van der Waals surface area contributed by atoms with Crippen molar-refractivity contribution in [3.8, 4) is 5.75 Å². The summed E-state index contributed by atoms with van der Waals surface area (Å²) in [6, 6.07) is 2.05. The van der Waals surface area contributed by atoms with Crippen LogP contribution in [0.2, 0.25) is 5.15 Å². The van der Waals surface area contributed by atoms with E-state index in [1.165, 1.54) is 11.9 Å². The van der Waals surface area contributed by atoms with E-state index in [4.69, 9.17) is 16.3 Å². The van der Waals surface area contributed by atoms with Crippen LogP contribution in [-0.2, 0) is 6.54 Å². The van der Waals surface area contributed by atoms with Crippen LogP contribution in [0.5, 0.6) is 5.75 Å². The summed E-state index contributed by atoms with van der Waals surface area (Å²) < 4.78 is 5.13. The number of aromatic nitrogens is 2. The van der Waals surface area contributed by atoms with E-state index in [0.717, 1.165) is 0 Å². The lowest BCUT2D eigenvalue weighted by Gasteiger charge is -2.09. The fourth-order valence-corrected chi connectivity index (χ4v) is 2.12. The quantitative estimate of drug-likeness (QED) is 0.854. The van der Waals surface area contributed by atoms with E-state index < -0.39 is 0 Å². The molecule has 0 fully saturated rings. The number of hydrogen-bond donors (Lipinski definition) is 1. The molecule has 2 rings (SSSR count). The minimum atomic E-state index is 0.310. The summed E-state index contributed by atoms with van der Waals surface area (Å²) in [7, 11) is 1.54. The van der Waals surface area contributed by atoms with Gasteiger partial charge in [-0.1, -0.05) is 11.6 Å². The Morgan fingerprint density at radius 2 is 2.38 bits per heavy atom.